The largest absolute Gasteiger partial charge is 0.490 e. The van der Waals surface area contributed by atoms with Gasteiger partial charge in [-0.1, -0.05) is 0 Å². The molecule has 0 radical (unpaired) electrons. The molecule has 0 atom stereocenters. The maximum absolute atomic E-state index is 11.3. The maximum atomic E-state index is 11.3. The van der Waals surface area contributed by atoms with Crippen LogP contribution < -0.4 is 11.1 Å². The van der Waals surface area contributed by atoms with Crippen LogP contribution in [0.3, 0.4) is 0 Å². The summed E-state index contributed by atoms with van der Waals surface area (Å²) in [6.07, 6.45) is -1.00. The molecule has 1 aliphatic carbocycles. The van der Waals surface area contributed by atoms with Gasteiger partial charge in [-0.2, -0.15) is 13.2 Å². The second-order valence-electron chi connectivity index (χ2n) is 4.76. The number of hydrogen-bond donors (Lipinski definition) is 3. The smallest absolute Gasteiger partial charge is 0.475 e. The van der Waals surface area contributed by atoms with Crippen LogP contribution in [0.2, 0.25) is 0 Å². The molecule has 1 fully saturated rings. The van der Waals surface area contributed by atoms with Crippen LogP contribution in [0.15, 0.2) is 0 Å². The number of carbonyl (C=O) groups excluding carboxylic acids is 1. The van der Waals surface area contributed by atoms with Gasteiger partial charge in [0, 0.05) is 26.2 Å². The Bertz CT molecular complexity index is 327. The van der Waals surface area contributed by atoms with Crippen molar-refractivity contribution in [3.63, 3.8) is 0 Å². The fourth-order valence-electron chi connectivity index (χ4n) is 1.57. The Morgan fingerprint density at radius 2 is 1.60 bits per heavy atom. The predicted molar refractivity (Wildman–Crippen MR) is 66.1 cm³/mol. The van der Waals surface area contributed by atoms with E-state index in [2.05, 4.69) is 5.32 Å². The summed E-state index contributed by atoms with van der Waals surface area (Å²) in [7, 11) is 3.51. The molecule has 0 heterocycles. The summed E-state index contributed by atoms with van der Waals surface area (Å²) in [6.45, 7) is 0. The van der Waals surface area contributed by atoms with Crippen LogP contribution in [0.5, 0.6) is 0 Å². The van der Waals surface area contributed by atoms with Crippen molar-refractivity contribution >= 4 is 12.0 Å². The Balaban J connectivity index is 0.000000441. The van der Waals surface area contributed by atoms with Crippen LogP contribution >= 0.6 is 0 Å². The van der Waals surface area contributed by atoms with Gasteiger partial charge < -0.3 is 21.1 Å². The summed E-state index contributed by atoms with van der Waals surface area (Å²) < 4.78 is 31.7. The molecule has 0 unspecified atom stereocenters. The zero-order valence-electron chi connectivity index (χ0n) is 11.4. The SMILES string of the molecule is CN(C)C(=O)NC1CCC(N)CC1.O=C(O)C(F)(F)F. The van der Waals surface area contributed by atoms with Crippen LogP contribution in [0.4, 0.5) is 18.0 Å². The second kappa shape index (κ2) is 7.93. The number of aliphatic carboxylic acids is 1. The minimum absolute atomic E-state index is 0.000437. The molecule has 0 aromatic rings. The van der Waals surface area contributed by atoms with Gasteiger partial charge in [-0.15, -0.1) is 0 Å². The molecule has 1 rings (SSSR count). The van der Waals surface area contributed by atoms with Crippen LogP contribution in [0.1, 0.15) is 25.7 Å². The van der Waals surface area contributed by atoms with Gasteiger partial charge >= 0.3 is 18.2 Å². The van der Waals surface area contributed by atoms with Crippen molar-refractivity contribution in [3.8, 4) is 0 Å². The quantitative estimate of drug-likeness (QED) is 0.677. The third kappa shape index (κ3) is 7.82. The number of rotatable bonds is 1. The van der Waals surface area contributed by atoms with E-state index in [-0.39, 0.29) is 6.03 Å². The molecular formula is C11H20F3N3O3. The first-order valence-electron chi connectivity index (χ1n) is 6.07. The zero-order chi connectivity index (χ0) is 15.9. The van der Waals surface area contributed by atoms with E-state index in [1.54, 1.807) is 19.0 Å². The van der Waals surface area contributed by atoms with E-state index in [0.717, 1.165) is 25.7 Å². The number of nitrogens with two attached hydrogens (primary N) is 1. The minimum atomic E-state index is -5.08. The van der Waals surface area contributed by atoms with Gasteiger partial charge in [-0.25, -0.2) is 9.59 Å². The molecule has 0 bridgehead atoms. The molecule has 2 amide bonds. The van der Waals surface area contributed by atoms with Gasteiger partial charge in [-0.05, 0) is 25.7 Å². The van der Waals surface area contributed by atoms with E-state index >= 15 is 0 Å². The Morgan fingerprint density at radius 1 is 1.20 bits per heavy atom. The number of nitrogens with one attached hydrogen (secondary N) is 1. The number of nitrogens with zero attached hydrogens (tertiary/aromatic N) is 1. The average molecular weight is 299 g/mol. The first-order valence-corrected chi connectivity index (χ1v) is 6.07. The van der Waals surface area contributed by atoms with Crippen molar-refractivity contribution in [1.82, 2.24) is 10.2 Å². The standard InChI is InChI=1S/C9H19N3O.C2HF3O2/c1-12(2)9(13)11-8-5-3-7(10)4-6-8;3-2(4,5)1(6)7/h7-8H,3-6,10H2,1-2H3,(H,11,13);(H,6,7). The Morgan fingerprint density at radius 3 is 1.90 bits per heavy atom. The molecular weight excluding hydrogens is 279 g/mol. The Kier molecular flexibility index (Phi) is 7.33. The predicted octanol–water partition coefficient (Wildman–Crippen LogP) is 1.16. The summed E-state index contributed by atoms with van der Waals surface area (Å²) in [5.74, 6) is -2.76. The van der Waals surface area contributed by atoms with Crippen LogP contribution in [0.25, 0.3) is 0 Å². The van der Waals surface area contributed by atoms with E-state index in [9.17, 15) is 18.0 Å². The number of carboxylic acids is 1. The normalized spacial score (nSPS) is 22.3. The van der Waals surface area contributed by atoms with Gasteiger partial charge in [0.25, 0.3) is 0 Å². The van der Waals surface area contributed by atoms with E-state index in [1.165, 1.54) is 0 Å². The van der Waals surface area contributed by atoms with Crippen molar-refractivity contribution in [3.05, 3.63) is 0 Å². The fourth-order valence-corrected chi connectivity index (χ4v) is 1.57. The molecule has 0 aromatic carbocycles. The first-order chi connectivity index (χ1) is 9.04. The summed E-state index contributed by atoms with van der Waals surface area (Å²) in [4.78, 5) is 21.7. The summed E-state index contributed by atoms with van der Waals surface area (Å²) in [5, 5.41) is 10.1. The summed E-state index contributed by atoms with van der Waals surface area (Å²) >= 11 is 0. The number of carboxylic acid groups (broad SMARTS) is 1. The topological polar surface area (TPSA) is 95.7 Å². The lowest BCUT2D eigenvalue weighted by molar-refractivity contribution is -0.192. The van der Waals surface area contributed by atoms with Crippen molar-refractivity contribution in [2.75, 3.05) is 14.1 Å². The highest BCUT2D eigenvalue weighted by atomic mass is 19.4. The van der Waals surface area contributed by atoms with Crippen molar-refractivity contribution in [2.45, 2.75) is 43.9 Å². The molecule has 4 N–H and O–H groups in total. The number of carbonyl (C=O) groups is 2. The average Bonchev–Trinajstić information content (AvgIpc) is 2.31. The lowest BCUT2D eigenvalue weighted by Crippen LogP contribution is -2.44. The highest BCUT2D eigenvalue weighted by molar-refractivity contribution is 5.73. The Labute approximate surface area is 115 Å². The number of amides is 2. The molecule has 1 saturated carbocycles. The summed E-state index contributed by atoms with van der Waals surface area (Å²) in [6, 6.07) is 0.669. The first kappa shape index (κ1) is 18.5. The molecule has 0 spiro atoms. The third-order valence-corrected chi connectivity index (χ3v) is 2.75. The monoisotopic (exact) mass is 299 g/mol. The van der Waals surface area contributed by atoms with Crippen LogP contribution in [-0.2, 0) is 4.79 Å². The van der Waals surface area contributed by atoms with E-state index in [1.807, 2.05) is 0 Å². The van der Waals surface area contributed by atoms with Gasteiger partial charge in [0.1, 0.15) is 0 Å². The summed E-state index contributed by atoms with van der Waals surface area (Å²) in [5.41, 5.74) is 5.76. The van der Waals surface area contributed by atoms with Gasteiger partial charge in [-0.3, -0.25) is 0 Å². The van der Waals surface area contributed by atoms with Crippen LogP contribution in [0, 0.1) is 0 Å². The molecule has 0 saturated heterocycles. The van der Waals surface area contributed by atoms with Crippen molar-refractivity contribution < 1.29 is 27.9 Å². The molecule has 9 heteroatoms. The highest BCUT2D eigenvalue weighted by Gasteiger charge is 2.38. The highest BCUT2D eigenvalue weighted by Crippen LogP contribution is 2.16. The number of halogens is 3. The Hall–Kier alpha value is -1.51. The second-order valence-corrected chi connectivity index (χ2v) is 4.76. The van der Waals surface area contributed by atoms with Gasteiger partial charge in [0.05, 0.1) is 0 Å². The van der Waals surface area contributed by atoms with Crippen molar-refractivity contribution in [1.29, 1.82) is 0 Å². The maximum Gasteiger partial charge on any atom is 0.490 e. The molecule has 0 aromatic heterocycles. The van der Waals surface area contributed by atoms with E-state index in [0.29, 0.717) is 12.1 Å². The van der Waals surface area contributed by atoms with E-state index < -0.39 is 12.1 Å². The number of hydrogen-bond acceptors (Lipinski definition) is 3. The third-order valence-electron chi connectivity index (χ3n) is 2.75. The molecule has 20 heavy (non-hydrogen) atoms. The van der Waals surface area contributed by atoms with Gasteiger partial charge in [0.2, 0.25) is 0 Å². The molecule has 0 aliphatic heterocycles. The zero-order valence-corrected chi connectivity index (χ0v) is 11.4. The van der Waals surface area contributed by atoms with Gasteiger partial charge in [0.15, 0.2) is 0 Å². The number of urea groups is 1. The van der Waals surface area contributed by atoms with E-state index in [4.69, 9.17) is 15.6 Å². The lowest BCUT2D eigenvalue weighted by atomic mass is 9.92. The number of alkyl halides is 3. The van der Waals surface area contributed by atoms with Crippen molar-refractivity contribution in [2.24, 2.45) is 5.73 Å². The molecule has 6 nitrogen and oxygen atoms in total. The lowest BCUT2D eigenvalue weighted by Gasteiger charge is -2.27. The van der Waals surface area contributed by atoms with Crippen LogP contribution in [-0.4, -0.2) is 54.4 Å². The fraction of sp³-hybridized carbons (Fsp3) is 0.818. The minimum Gasteiger partial charge on any atom is -0.475 e. The molecule has 118 valence electrons. The molecule has 1 aliphatic rings.